The van der Waals surface area contributed by atoms with Crippen molar-refractivity contribution in [1.29, 1.82) is 0 Å². The number of nitrogens with two attached hydrogens (primary N) is 1. The van der Waals surface area contributed by atoms with Crippen LogP contribution in [-0.4, -0.2) is 17.4 Å². The van der Waals surface area contributed by atoms with Crippen molar-refractivity contribution in [3.63, 3.8) is 0 Å². The fourth-order valence-corrected chi connectivity index (χ4v) is 1.38. The van der Waals surface area contributed by atoms with Crippen molar-refractivity contribution in [2.75, 3.05) is 6.54 Å². The van der Waals surface area contributed by atoms with Gasteiger partial charge >= 0.3 is 0 Å². The lowest BCUT2D eigenvalue weighted by atomic mass is 10.2. The fraction of sp³-hybridized carbons (Fsp3) is 0.667. The van der Waals surface area contributed by atoms with E-state index in [1.54, 1.807) is 0 Å². The molecule has 5 heteroatoms. The quantitative estimate of drug-likeness (QED) is 0.794. The van der Waals surface area contributed by atoms with Crippen LogP contribution in [0, 0.1) is 5.92 Å². The lowest BCUT2D eigenvalue weighted by molar-refractivity contribution is 0.0944. The molecule has 0 aliphatic rings. The lowest BCUT2D eigenvalue weighted by Crippen LogP contribution is -2.27. The highest BCUT2D eigenvalue weighted by Crippen LogP contribution is 2.14. The van der Waals surface area contributed by atoms with Gasteiger partial charge in [-0.3, -0.25) is 4.79 Å². The number of oxazole rings is 1. The number of carbonyl (C=O) groups excluding carboxylic acids is 1. The van der Waals surface area contributed by atoms with Gasteiger partial charge < -0.3 is 15.5 Å². The van der Waals surface area contributed by atoms with Crippen LogP contribution in [0.5, 0.6) is 0 Å². The van der Waals surface area contributed by atoms with Crippen LogP contribution in [-0.2, 0) is 0 Å². The van der Waals surface area contributed by atoms with Gasteiger partial charge in [-0.1, -0.05) is 27.2 Å². The summed E-state index contributed by atoms with van der Waals surface area (Å²) in [7, 11) is 0. The Bertz CT molecular complexity index is 360. The van der Waals surface area contributed by atoms with E-state index in [-0.39, 0.29) is 11.9 Å². The van der Waals surface area contributed by atoms with E-state index in [0.29, 0.717) is 24.0 Å². The molecule has 1 amide bonds. The molecule has 0 saturated carbocycles. The number of amides is 1. The molecule has 3 N–H and O–H groups in total. The Morgan fingerprint density at radius 3 is 2.88 bits per heavy atom. The fourth-order valence-electron chi connectivity index (χ4n) is 1.38. The van der Waals surface area contributed by atoms with Crippen molar-refractivity contribution in [3.8, 4) is 0 Å². The maximum absolute atomic E-state index is 11.7. The number of hydrogen-bond donors (Lipinski definition) is 2. The van der Waals surface area contributed by atoms with Crippen molar-refractivity contribution in [2.24, 2.45) is 11.7 Å². The second-order valence-electron chi connectivity index (χ2n) is 4.57. The second kappa shape index (κ2) is 6.39. The molecule has 17 heavy (non-hydrogen) atoms. The molecule has 1 rings (SSSR count). The summed E-state index contributed by atoms with van der Waals surface area (Å²) in [6.45, 7) is 6.73. The molecule has 0 fully saturated rings. The maximum Gasteiger partial charge on any atom is 0.273 e. The van der Waals surface area contributed by atoms with Crippen LogP contribution in [0.4, 0.5) is 0 Å². The van der Waals surface area contributed by atoms with Gasteiger partial charge in [-0.2, -0.15) is 0 Å². The summed E-state index contributed by atoms with van der Waals surface area (Å²) in [6.07, 6.45) is 3.12. The van der Waals surface area contributed by atoms with Gasteiger partial charge in [0.15, 0.2) is 5.69 Å². The SMILES string of the molecule is CCCC(N)c1nc(C(=O)NCC(C)C)co1. The molecule has 1 aromatic rings. The highest BCUT2D eigenvalue weighted by molar-refractivity contribution is 5.91. The first kappa shape index (κ1) is 13.7. The van der Waals surface area contributed by atoms with Crippen LogP contribution in [0.2, 0.25) is 0 Å². The molecule has 0 radical (unpaired) electrons. The average molecular weight is 239 g/mol. The van der Waals surface area contributed by atoms with Gasteiger partial charge in [0, 0.05) is 6.54 Å². The molecular formula is C12H21N3O2. The summed E-state index contributed by atoms with van der Waals surface area (Å²) >= 11 is 0. The molecule has 0 bridgehead atoms. The molecule has 1 unspecified atom stereocenters. The van der Waals surface area contributed by atoms with E-state index in [2.05, 4.69) is 10.3 Å². The number of rotatable bonds is 6. The molecule has 1 heterocycles. The Labute approximate surface area is 102 Å². The van der Waals surface area contributed by atoms with E-state index in [4.69, 9.17) is 10.2 Å². The summed E-state index contributed by atoms with van der Waals surface area (Å²) < 4.78 is 5.21. The lowest BCUT2D eigenvalue weighted by Gasteiger charge is -2.05. The van der Waals surface area contributed by atoms with Gasteiger partial charge in [0.05, 0.1) is 6.04 Å². The molecule has 5 nitrogen and oxygen atoms in total. The van der Waals surface area contributed by atoms with Crippen LogP contribution < -0.4 is 11.1 Å². The van der Waals surface area contributed by atoms with E-state index >= 15 is 0 Å². The smallest absolute Gasteiger partial charge is 0.273 e. The monoisotopic (exact) mass is 239 g/mol. The Balaban J connectivity index is 2.58. The van der Waals surface area contributed by atoms with Crippen molar-refractivity contribution in [1.82, 2.24) is 10.3 Å². The standard InChI is InChI=1S/C12H21N3O2/c1-4-5-9(13)12-15-10(7-17-12)11(16)14-6-8(2)3/h7-9H,4-6,13H2,1-3H3,(H,14,16). The first-order chi connectivity index (χ1) is 8.04. The Kier molecular flexibility index (Phi) is 5.15. The largest absolute Gasteiger partial charge is 0.446 e. The third-order valence-corrected chi connectivity index (χ3v) is 2.34. The number of hydrogen-bond acceptors (Lipinski definition) is 4. The molecule has 96 valence electrons. The molecule has 1 atom stereocenters. The van der Waals surface area contributed by atoms with E-state index < -0.39 is 0 Å². The minimum atomic E-state index is -0.230. The zero-order valence-electron chi connectivity index (χ0n) is 10.7. The van der Waals surface area contributed by atoms with E-state index in [9.17, 15) is 4.79 Å². The minimum Gasteiger partial charge on any atom is -0.446 e. The van der Waals surface area contributed by atoms with Crippen LogP contribution >= 0.6 is 0 Å². The molecule has 0 saturated heterocycles. The van der Waals surface area contributed by atoms with Gasteiger partial charge in [-0.05, 0) is 12.3 Å². The first-order valence-corrected chi connectivity index (χ1v) is 6.03. The zero-order valence-corrected chi connectivity index (χ0v) is 10.7. The van der Waals surface area contributed by atoms with Gasteiger partial charge in [0.2, 0.25) is 5.89 Å². The molecular weight excluding hydrogens is 218 g/mol. The molecule has 0 spiro atoms. The zero-order chi connectivity index (χ0) is 12.8. The minimum absolute atomic E-state index is 0.211. The first-order valence-electron chi connectivity index (χ1n) is 6.03. The van der Waals surface area contributed by atoms with Gasteiger partial charge in [-0.25, -0.2) is 4.98 Å². The van der Waals surface area contributed by atoms with Crippen molar-refractivity contribution in [2.45, 2.75) is 39.7 Å². The Hall–Kier alpha value is -1.36. The summed E-state index contributed by atoms with van der Waals surface area (Å²) in [5.74, 6) is 0.631. The molecule has 1 aromatic heterocycles. The highest BCUT2D eigenvalue weighted by Gasteiger charge is 2.16. The van der Waals surface area contributed by atoms with Crippen LogP contribution in [0.15, 0.2) is 10.7 Å². The molecule has 0 aliphatic heterocycles. The predicted molar refractivity (Wildman–Crippen MR) is 65.5 cm³/mol. The molecule has 0 aliphatic carbocycles. The van der Waals surface area contributed by atoms with Crippen molar-refractivity contribution < 1.29 is 9.21 Å². The van der Waals surface area contributed by atoms with Crippen LogP contribution in [0.25, 0.3) is 0 Å². The van der Waals surface area contributed by atoms with Gasteiger partial charge in [-0.15, -0.1) is 0 Å². The molecule has 0 aromatic carbocycles. The Morgan fingerprint density at radius 2 is 2.29 bits per heavy atom. The summed E-state index contributed by atoms with van der Waals surface area (Å²) in [6, 6.07) is -0.230. The third kappa shape index (κ3) is 4.19. The van der Waals surface area contributed by atoms with Gasteiger partial charge in [0.1, 0.15) is 6.26 Å². The van der Waals surface area contributed by atoms with Gasteiger partial charge in [0.25, 0.3) is 5.91 Å². The van der Waals surface area contributed by atoms with Crippen LogP contribution in [0.3, 0.4) is 0 Å². The summed E-state index contributed by atoms with van der Waals surface area (Å²) in [4.78, 5) is 15.8. The van der Waals surface area contributed by atoms with E-state index in [1.165, 1.54) is 6.26 Å². The second-order valence-corrected chi connectivity index (χ2v) is 4.57. The number of carbonyl (C=O) groups is 1. The van der Waals surface area contributed by atoms with Crippen molar-refractivity contribution in [3.05, 3.63) is 17.8 Å². The van der Waals surface area contributed by atoms with E-state index in [0.717, 1.165) is 12.8 Å². The normalized spacial score (nSPS) is 12.8. The number of nitrogens with one attached hydrogen (secondary N) is 1. The number of nitrogens with zero attached hydrogens (tertiary/aromatic N) is 1. The summed E-state index contributed by atoms with van der Waals surface area (Å²) in [5, 5.41) is 2.78. The third-order valence-electron chi connectivity index (χ3n) is 2.34. The Morgan fingerprint density at radius 1 is 1.59 bits per heavy atom. The summed E-state index contributed by atoms with van der Waals surface area (Å²) in [5.41, 5.74) is 6.15. The number of aromatic nitrogens is 1. The average Bonchev–Trinajstić information content (AvgIpc) is 2.75. The van der Waals surface area contributed by atoms with Crippen LogP contribution in [0.1, 0.15) is 56.0 Å². The topological polar surface area (TPSA) is 81.1 Å². The van der Waals surface area contributed by atoms with E-state index in [1.807, 2.05) is 20.8 Å². The van der Waals surface area contributed by atoms with Crippen molar-refractivity contribution >= 4 is 5.91 Å². The maximum atomic E-state index is 11.7. The highest BCUT2D eigenvalue weighted by atomic mass is 16.3. The predicted octanol–water partition coefficient (Wildman–Crippen LogP) is 1.86.